The number of benzene rings is 1. The van der Waals surface area contributed by atoms with Crippen molar-refractivity contribution in [3.8, 4) is 5.75 Å². The number of nitrogen functional groups attached to an aromatic ring is 1. The van der Waals surface area contributed by atoms with E-state index in [4.69, 9.17) is 10.5 Å². The highest BCUT2D eigenvalue weighted by Crippen LogP contribution is 2.28. The highest BCUT2D eigenvalue weighted by Gasteiger charge is 2.13. The zero-order chi connectivity index (χ0) is 13.0. The van der Waals surface area contributed by atoms with E-state index in [-0.39, 0.29) is 0 Å². The van der Waals surface area contributed by atoms with Crippen molar-refractivity contribution in [3.63, 3.8) is 0 Å². The topological polar surface area (TPSA) is 68.4 Å². The van der Waals surface area contributed by atoms with Crippen molar-refractivity contribution in [2.75, 3.05) is 12.3 Å². The molecule has 96 valence electrons. The maximum atomic E-state index is 10.1. The minimum absolute atomic E-state index is 0.465. The Balaban J connectivity index is 2.09. The third-order valence-electron chi connectivity index (χ3n) is 2.48. The van der Waals surface area contributed by atoms with Crippen LogP contribution < -0.4 is 10.5 Å². The number of nitrogens with two attached hydrogens (primary N) is 1. The molecule has 3 N–H and O–H groups in total. The van der Waals surface area contributed by atoms with Gasteiger partial charge in [0.1, 0.15) is 11.9 Å². The van der Waals surface area contributed by atoms with Crippen molar-refractivity contribution in [1.82, 2.24) is 4.98 Å². The van der Waals surface area contributed by atoms with Crippen molar-refractivity contribution < 1.29 is 9.84 Å². The third-order valence-corrected chi connectivity index (χ3v) is 3.36. The first-order valence-corrected chi connectivity index (χ1v) is 6.64. The molecule has 0 saturated carbocycles. The van der Waals surface area contributed by atoms with Gasteiger partial charge in [-0.3, -0.25) is 0 Å². The monoisotopic (exact) mass is 264 g/mol. The minimum Gasteiger partial charge on any atom is -0.494 e. The Morgan fingerprint density at radius 1 is 1.39 bits per heavy atom. The van der Waals surface area contributed by atoms with Gasteiger partial charge in [-0.25, -0.2) is 4.98 Å². The smallest absolute Gasteiger partial charge is 0.180 e. The fourth-order valence-electron chi connectivity index (χ4n) is 1.56. The van der Waals surface area contributed by atoms with E-state index in [1.807, 2.05) is 24.3 Å². The maximum Gasteiger partial charge on any atom is 0.180 e. The summed E-state index contributed by atoms with van der Waals surface area (Å²) in [4.78, 5) is 4.68. The van der Waals surface area contributed by atoms with Gasteiger partial charge in [0.05, 0.1) is 11.5 Å². The Hall–Kier alpha value is -1.59. The maximum absolute atomic E-state index is 10.1. The summed E-state index contributed by atoms with van der Waals surface area (Å²) < 4.78 is 5.49. The summed E-state index contributed by atoms with van der Waals surface area (Å²) in [5.74, 6) is 0.816. The van der Waals surface area contributed by atoms with Gasteiger partial charge in [0.2, 0.25) is 0 Å². The molecule has 2 aromatic rings. The lowest BCUT2D eigenvalue weighted by atomic mass is 10.1. The van der Waals surface area contributed by atoms with Crippen molar-refractivity contribution in [3.05, 3.63) is 40.9 Å². The van der Waals surface area contributed by atoms with Gasteiger partial charge in [-0.05, 0) is 24.1 Å². The second kappa shape index (κ2) is 5.84. The Labute approximate surface area is 110 Å². The Kier molecular flexibility index (Phi) is 4.17. The van der Waals surface area contributed by atoms with Gasteiger partial charge >= 0.3 is 0 Å². The predicted molar refractivity (Wildman–Crippen MR) is 72.8 cm³/mol. The number of aromatic nitrogens is 1. The summed E-state index contributed by atoms with van der Waals surface area (Å²) in [6.45, 7) is 2.76. The summed E-state index contributed by atoms with van der Waals surface area (Å²) >= 11 is 1.29. The van der Waals surface area contributed by atoms with Crippen molar-refractivity contribution >= 4 is 16.5 Å². The largest absolute Gasteiger partial charge is 0.494 e. The Morgan fingerprint density at radius 3 is 2.67 bits per heavy atom. The molecule has 1 aromatic carbocycles. The van der Waals surface area contributed by atoms with Crippen molar-refractivity contribution in [2.24, 2.45) is 0 Å². The molecule has 0 saturated heterocycles. The average Bonchev–Trinajstić information content (AvgIpc) is 2.83. The van der Waals surface area contributed by atoms with Gasteiger partial charge < -0.3 is 15.6 Å². The fraction of sp³-hybridized carbons (Fsp3) is 0.308. The van der Waals surface area contributed by atoms with Crippen molar-refractivity contribution in [2.45, 2.75) is 19.4 Å². The number of anilines is 1. The number of aliphatic hydroxyl groups is 1. The molecule has 0 amide bonds. The van der Waals surface area contributed by atoms with Crippen molar-refractivity contribution in [1.29, 1.82) is 0 Å². The number of nitrogens with zero attached hydrogens (tertiary/aromatic N) is 1. The summed E-state index contributed by atoms with van der Waals surface area (Å²) in [7, 11) is 0. The number of hydrogen-bond acceptors (Lipinski definition) is 5. The highest BCUT2D eigenvalue weighted by atomic mass is 32.1. The number of hydrogen-bond donors (Lipinski definition) is 2. The summed E-state index contributed by atoms with van der Waals surface area (Å²) in [5, 5.41) is 10.6. The lowest BCUT2D eigenvalue weighted by Crippen LogP contribution is -1.98. The van der Waals surface area contributed by atoms with E-state index in [2.05, 4.69) is 11.9 Å². The van der Waals surface area contributed by atoms with E-state index in [1.165, 1.54) is 11.3 Å². The van der Waals surface area contributed by atoms with E-state index in [1.54, 1.807) is 6.20 Å². The number of ether oxygens (including phenoxy) is 1. The van der Waals surface area contributed by atoms with E-state index in [9.17, 15) is 5.11 Å². The average molecular weight is 264 g/mol. The van der Waals surface area contributed by atoms with Gasteiger partial charge in [0.25, 0.3) is 0 Å². The molecule has 1 aromatic heterocycles. The second-order valence-electron chi connectivity index (χ2n) is 3.92. The molecule has 1 unspecified atom stereocenters. The molecule has 1 atom stereocenters. The minimum atomic E-state index is -0.681. The van der Waals surface area contributed by atoms with Crippen LogP contribution in [0.1, 0.15) is 29.9 Å². The molecule has 0 bridgehead atoms. The van der Waals surface area contributed by atoms with Gasteiger partial charge in [-0.15, -0.1) is 0 Å². The van der Waals surface area contributed by atoms with Gasteiger partial charge in [0.15, 0.2) is 5.13 Å². The predicted octanol–water partition coefficient (Wildman–Crippen LogP) is 2.60. The van der Waals surface area contributed by atoms with Crippen LogP contribution in [0.5, 0.6) is 5.75 Å². The molecule has 18 heavy (non-hydrogen) atoms. The Morgan fingerprint density at radius 2 is 2.11 bits per heavy atom. The quantitative estimate of drug-likeness (QED) is 0.871. The first-order valence-electron chi connectivity index (χ1n) is 5.82. The standard InChI is InChI=1S/C13H16N2O2S/c1-2-7-17-10-5-3-9(4-6-10)12(16)11-8-15-13(14)18-11/h3-6,8,12,16H,2,7H2,1H3,(H2,14,15). The van der Waals surface area contributed by atoms with Crippen LogP contribution in [0.25, 0.3) is 0 Å². The van der Waals surface area contributed by atoms with Crippen LogP contribution >= 0.6 is 11.3 Å². The zero-order valence-electron chi connectivity index (χ0n) is 10.2. The van der Waals surface area contributed by atoms with Crippen LogP contribution in [0.4, 0.5) is 5.13 Å². The molecular weight excluding hydrogens is 248 g/mol. The van der Waals surface area contributed by atoms with E-state index in [0.29, 0.717) is 11.7 Å². The number of rotatable bonds is 5. The summed E-state index contributed by atoms with van der Waals surface area (Å²) in [6, 6.07) is 7.42. The SMILES string of the molecule is CCCOc1ccc(C(O)c2cnc(N)s2)cc1. The van der Waals surface area contributed by atoms with Crippen LogP contribution in [0.2, 0.25) is 0 Å². The van der Waals surface area contributed by atoms with Crippen LogP contribution in [0.15, 0.2) is 30.5 Å². The number of thiazole rings is 1. The molecule has 1 heterocycles. The first-order chi connectivity index (χ1) is 8.70. The molecule has 0 aliphatic carbocycles. The van der Waals surface area contributed by atoms with E-state index >= 15 is 0 Å². The van der Waals surface area contributed by atoms with Crippen LogP contribution in [-0.2, 0) is 0 Å². The van der Waals surface area contributed by atoms with Gasteiger partial charge in [0, 0.05) is 6.20 Å². The normalized spacial score (nSPS) is 12.3. The summed E-state index contributed by atoms with van der Waals surface area (Å²) in [5.41, 5.74) is 6.36. The highest BCUT2D eigenvalue weighted by molar-refractivity contribution is 7.15. The van der Waals surface area contributed by atoms with Crippen LogP contribution in [0.3, 0.4) is 0 Å². The van der Waals surface area contributed by atoms with E-state index in [0.717, 1.165) is 22.6 Å². The summed E-state index contributed by atoms with van der Waals surface area (Å²) in [6.07, 6.45) is 1.90. The Bertz CT molecular complexity index is 496. The first kappa shape index (κ1) is 12.9. The number of aliphatic hydroxyl groups excluding tert-OH is 1. The molecule has 2 rings (SSSR count). The molecular formula is C13H16N2O2S. The third kappa shape index (κ3) is 3.00. The van der Waals surface area contributed by atoms with Crippen LogP contribution in [0, 0.1) is 0 Å². The lowest BCUT2D eigenvalue weighted by molar-refractivity contribution is 0.223. The molecule has 0 radical (unpaired) electrons. The zero-order valence-corrected chi connectivity index (χ0v) is 11.0. The molecule has 4 nitrogen and oxygen atoms in total. The molecule has 0 fully saturated rings. The van der Waals surface area contributed by atoms with E-state index < -0.39 is 6.10 Å². The van der Waals surface area contributed by atoms with Gasteiger partial charge in [-0.2, -0.15) is 0 Å². The molecule has 0 aliphatic rings. The van der Waals surface area contributed by atoms with Gasteiger partial charge in [-0.1, -0.05) is 30.4 Å². The molecule has 0 spiro atoms. The fourth-order valence-corrected chi connectivity index (χ4v) is 2.26. The van der Waals surface area contributed by atoms with Crippen LogP contribution in [-0.4, -0.2) is 16.7 Å². The molecule has 0 aliphatic heterocycles. The lowest BCUT2D eigenvalue weighted by Gasteiger charge is -2.10. The second-order valence-corrected chi connectivity index (χ2v) is 5.01. The molecule has 5 heteroatoms.